The minimum atomic E-state index is -3.89. The fraction of sp³-hybridized carbons (Fsp3) is 0.633. The average Bonchev–Trinajstić information content (AvgIpc) is 3.56. The van der Waals surface area contributed by atoms with Gasteiger partial charge < -0.3 is 14.9 Å². The Morgan fingerprint density at radius 1 is 1.13 bits per heavy atom. The molecule has 1 amide bonds. The molecule has 1 aliphatic carbocycles. The Morgan fingerprint density at radius 2 is 1.92 bits per heavy atom. The second-order valence-electron chi connectivity index (χ2n) is 12.1. The Balaban J connectivity index is 1.23. The van der Waals surface area contributed by atoms with Crippen molar-refractivity contribution in [3.63, 3.8) is 0 Å². The van der Waals surface area contributed by atoms with Crippen molar-refractivity contribution in [2.45, 2.75) is 81.5 Å². The van der Waals surface area contributed by atoms with E-state index in [0.717, 1.165) is 56.6 Å². The fourth-order valence-electron chi connectivity index (χ4n) is 6.71. The van der Waals surface area contributed by atoms with Crippen LogP contribution < -0.4 is 4.72 Å². The lowest BCUT2D eigenvalue weighted by Crippen LogP contribution is -2.59. The van der Waals surface area contributed by atoms with Crippen molar-refractivity contribution in [1.82, 2.24) is 19.4 Å². The first-order valence-electron chi connectivity index (χ1n) is 14.6. The monoisotopic (exact) mass is 556 g/mol. The molecule has 0 spiro atoms. The number of nitrogens with one attached hydrogen (secondary N) is 1. The highest BCUT2D eigenvalue weighted by Crippen LogP contribution is 2.33. The molecule has 1 aromatic rings. The molecule has 3 saturated heterocycles. The van der Waals surface area contributed by atoms with Gasteiger partial charge in [0.15, 0.2) is 0 Å². The number of benzene rings is 1. The molecule has 8 nitrogen and oxygen atoms in total. The van der Waals surface area contributed by atoms with Crippen molar-refractivity contribution in [3.05, 3.63) is 48.1 Å². The largest absolute Gasteiger partial charge is 0.376 e. The molecule has 214 valence electrons. The minimum Gasteiger partial charge on any atom is -0.376 e. The number of piperidine rings is 1. The number of carbonyl (C=O) groups is 1. The molecule has 3 fully saturated rings. The normalized spacial score (nSPS) is 29.7. The van der Waals surface area contributed by atoms with E-state index in [1.165, 1.54) is 12.8 Å². The summed E-state index contributed by atoms with van der Waals surface area (Å²) in [6.45, 7) is 9.07. The van der Waals surface area contributed by atoms with Gasteiger partial charge in [-0.15, -0.1) is 0 Å². The second-order valence-corrected chi connectivity index (χ2v) is 13.8. The van der Waals surface area contributed by atoms with Gasteiger partial charge in [-0.2, -0.15) is 4.72 Å². The first kappa shape index (κ1) is 28.5. The van der Waals surface area contributed by atoms with Crippen molar-refractivity contribution < 1.29 is 18.3 Å². The molecule has 5 rings (SSSR count). The molecule has 0 radical (unpaired) electrons. The number of nitrogens with zero attached hydrogens (tertiary/aromatic N) is 3. The number of aliphatic hydroxyl groups is 1. The SMILES string of the molecule is CC1C=CC(c2cccc(S(=O)(=O)N[C@H]3CCCN(CC(O)N4CCC[C@@]4(C)CN4CCCC4)C3=O)c2)=CC1. The lowest BCUT2D eigenvalue weighted by Gasteiger charge is -2.43. The Hall–Kier alpha value is -2.04. The molecule has 1 aromatic carbocycles. The van der Waals surface area contributed by atoms with Gasteiger partial charge >= 0.3 is 0 Å². The summed E-state index contributed by atoms with van der Waals surface area (Å²) in [5.74, 6) is 0.220. The van der Waals surface area contributed by atoms with E-state index >= 15 is 0 Å². The maximum absolute atomic E-state index is 13.4. The molecule has 4 aliphatic rings. The predicted octanol–water partition coefficient (Wildman–Crippen LogP) is 3.20. The molecule has 3 aliphatic heterocycles. The van der Waals surface area contributed by atoms with Crippen LogP contribution in [0.3, 0.4) is 0 Å². The smallest absolute Gasteiger partial charge is 0.241 e. The Morgan fingerprint density at radius 3 is 2.67 bits per heavy atom. The van der Waals surface area contributed by atoms with E-state index in [4.69, 9.17) is 0 Å². The Bertz CT molecular complexity index is 1210. The third-order valence-electron chi connectivity index (χ3n) is 8.93. The van der Waals surface area contributed by atoms with Crippen LogP contribution in [0.5, 0.6) is 0 Å². The summed E-state index contributed by atoms with van der Waals surface area (Å²) in [4.78, 5) is 19.9. The quantitative estimate of drug-likeness (QED) is 0.485. The van der Waals surface area contributed by atoms with Gasteiger partial charge in [-0.3, -0.25) is 9.69 Å². The van der Waals surface area contributed by atoms with Crippen molar-refractivity contribution in [2.24, 2.45) is 5.92 Å². The van der Waals surface area contributed by atoms with Gasteiger partial charge in [0.1, 0.15) is 12.3 Å². The van der Waals surface area contributed by atoms with E-state index in [0.29, 0.717) is 25.3 Å². The molecular formula is C30H44N4O4S. The number of sulfonamides is 1. The molecule has 39 heavy (non-hydrogen) atoms. The zero-order valence-electron chi connectivity index (χ0n) is 23.4. The predicted molar refractivity (Wildman–Crippen MR) is 153 cm³/mol. The van der Waals surface area contributed by atoms with E-state index in [-0.39, 0.29) is 22.9 Å². The van der Waals surface area contributed by atoms with Crippen LogP contribution >= 0.6 is 0 Å². The maximum Gasteiger partial charge on any atom is 0.241 e. The zero-order chi connectivity index (χ0) is 27.6. The molecule has 4 atom stereocenters. The van der Waals surface area contributed by atoms with Crippen LogP contribution in [0, 0.1) is 5.92 Å². The summed E-state index contributed by atoms with van der Waals surface area (Å²) in [5, 5.41) is 11.3. The molecule has 2 unspecified atom stereocenters. The minimum absolute atomic E-state index is 0.115. The van der Waals surface area contributed by atoms with Crippen LogP contribution in [0.15, 0.2) is 47.4 Å². The van der Waals surface area contributed by atoms with Crippen LogP contribution in [0.4, 0.5) is 0 Å². The summed E-state index contributed by atoms with van der Waals surface area (Å²) in [5.41, 5.74) is 1.75. The molecule has 9 heteroatoms. The second kappa shape index (κ2) is 11.8. The number of hydrogen-bond donors (Lipinski definition) is 2. The number of β-amino-alcohol motifs (C(OH)–C–C–N with tert-alkyl or cyclic N) is 1. The topological polar surface area (TPSA) is 93.2 Å². The molecule has 0 aromatic heterocycles. The van der Waals surface area contributed by atoms with Gasteiger partial charge in [-0.05, 0) is 94.1 Å². The number of likely N-dealkylation sites (tertiary alicyclic amines) is 3. The van der Waals surface area contributed by atoms with Gasteiger partial charge in [0.2, 0.25) is 15.9 Å². The van der Waals surface area contributed by atoms with E-state index in [9.17, 15) is 18.3 Å². The third-order valence-corrected chi connectivity index (χ3v) is 10.4. The summed E-state index contributed by atoms with van der Waals surface area (Å²) < 4.78 is 29.4. The van der Waals surface area contributed by atoms with Crippen molar-refractivity contribution in [1.29, 1.82) is 0 Å². The first-order valence-corrected chi connectivity index (χ1v) is 16.1. The van der Waals surface area contributed by atoms with Gasteiger partial charge in [0.25, 0.3) is 0 Å². The third kappa shape index (κ3) is 6.49. The highest BCUT2D eigenvalue weighted by Gasteiger charge is 2.43. The lowest BCUT2D eigenvalue weighted by atomic mass is 9.94. The summed E-state index contributed by atoms with van der Waals surface area (Å²) in [6, 6.07) is 6.08. The molecule has 3 heterocycles. The van der Waals surface area contributed by atoms with E-state index < -0.39 is 22.3 Å². The fourth-order valence-corrected chi connectivity index (χ4v) is 7.98. The number of allylic oxidation sites excluding steroid dienone is 4. The maximum atomic E-state index is 13.4. The van der Waals surface area contributed by atoms with Crippen molar-refractivity contribution in [3.8, 4) is 0 Å². The van der Waals surface area contributed by atoms with Crippen LogP contribution in [-0.4, -0.2) is 91.2 Å². The highest BCUT2D eigenvalue weighted by molar-refractivity contribution is 7.89. The van der Waals surface area contributed by atoms with Gasteiger partial charge in [0, 0.05) is 25.2 Å². The van der Waals surface area contributed by atoms with Gasteiger partial charge in [-0.1, -0.05) is 37.3 Å². The van der Waals surface area contributed by atoms with E-state index in [1.54, 1.807) is 23.1 Å². The summed E-state index contributed by atoms with van der Waals surface area (Å²) in [6.07, 6.45) is 12.1. The number of aliphatic hydroxyl groups excluding tert-OH is 1. The lowest BCUT2D eigenvalue weighted by molar-refractivity contribution is -0.141. The van der Waals surface area contributed by atoms with Crippen molar-refractivity contribution >= 4 is 21.5 Å². The zero-order valence-corrected chi connectivity index (χ0v) is 24.2. The number of hydrogen-bond acceptors (Lipinski definition) is 6. The number of amides is 1. The van der Waals surface area contributed by atoms with Crippen molar-refractivity contribution in [2.75, 3.05) is 39.3 Å². The van der Waals surface area contributed by atoms with Crippen LogP contribution in [0.1, 0.15) is 64.4 Å². The number of carbonyl (C=O) groups excluding carboxylic acids is 1. The van der Waals surface area contributed by atoms with Crippen LogP contribution in [0.25, 0.3) is 5.57 Å². The standard InChI is InChI=1S/C30H44N4O4S/c1-23-11-13-24(14-12-23)25-8-5-9-26(20-25)39(37,38)31-27-10-6-18-33(29(27)36)21-28(35)34-19-7-15-30(34,2)22-32-16-3-4-17-32/h5,8-9,11,13-14,20,23,27-28,31,35H,3-4,6-7,10,12,15-19,21-22H2,1-2H3/t23?,27-,28?,30-/m0/s1. The molecule has 0 saturated carbocycles. The van der Waals surface area contributed by atoms with E-state index in [2.05, 4.69) is 40.5 Å². The van der Waals surface area contributed by atoms with Gasteiger partial charge in [-0.25, -0.2) is 8.42 Å². The summed E-state index contributed by atoms with van der Waals surface area (Å²) >= 11 is 0. The van der Waals surface area contributed by atoms with E-state index in [1.807, 2.05) is 12.1 Å². The molecule has 0 bridgehead atoms. The average molecular weight is 557 g/mol. The summed E-state index contributed by atoms with van der Waals surface area (Å²) in [7, 11) is -3.89. The first-order chi connectivity index (χ1) is 18.6. The number of rotatable bonds is 9. The molecular weight excluding hydrogens is 512 g/mol. The Kier molecular flexibility index (Phi) is 8.64. The van der Waals surface area contributed by atoms with Crippen LogP contribution in [-0.2, 0) is 14.8 Å². The highest BCUT2D eigenvalue weighted by atomic mass is 32.2. The molecule has 2 N–H and O–H groups in total. The Labute approximate surface area is 233 Å². The van der Waals surface area contributed by atoms with Crippen LogP contribution in [0.2, 0.25) is 0 Å². The van der Waals surface area contributed by atoms with Gasteiger partial charge in [0.05, 0.1) is 11.4 Å².